The van der Waals surface area contributed by atoms with Gasteiger partial charge in [0.25, 0.3) is 0 Å². The van der Waals surface area contributed by atoms with Crippen LogP contribution < -0.4 is 5.32 Å². The molecule has 1 N–H and O–H groups in total. The summed E-state index contributed by atoms with van der Waals surface area (Å²) in [6.45, 7) is 6.81. The number of hydrogen-bond acceptors (Lipinski definition) is 3. The quantitative estimate of drug-likeness (QED) is 0.901. The Balaban J connectivity index is 1.68. The average Bonchev–Trinajstić information content (AvgIpc) is 2.51. The van der Waals surface area contributed by atoms with Crippen LogP contribution in [0.15, 0.2) is 30.3 Å². The fourth-order valence-electron chi connectivity index (χ4n) is 3.25. The van der Waals surface area contributed by atoms with Gasteiger partial charge in [-0.05, 0) is 11.5 Å². The van der Waals surface area contributed by atoms with Crippen LogP contribution in [0.4, 0.5) is 0 Å². The fraction of sp³-hybridized carbons (Fsp3) is 0.529. The maximum Gasteiger partial charge on any atom is 0.246 e. The van der Waals surface area contributed by atoms with E-state index >= 15 is 0 Å². The largest absolute Gasteiger partial charge is 0.342 e. The van der Waals surface area contributed by atoms with Gasteiger partial charge in [0.15, 0.2) is 0 Å². The van der Waals surface area contributed by atoms with Crippen molar-refractivity contribution in [3.05, 3.63) is 35.9 Å². The second kappa shape index (κ2) is 6.08. The minimum Gasteiger partial charge on any atom is -0.342 e. The lowest BCUT2D eigenvalue weighted by molar-refractivity contribution is -0.154. The number of nitrogens with zero attached hydrogens (tertiary/aromatic N) is 2. The van der Waals surface area contributed by atoms with Gasteiger partial charge in [-0.2, -0.15) is 0 Å². The molecule has 0 radical (unpaired) electrons. The molecule has 3 rings (SSSR count). The van der Waals surface area contributed by atoms with E-state index in [1.54, 1.807) is 4.90 Å². The van der Waals surface area contributed by atoms with Gasteiger partial charge < -0.3 is 10.2 Å². The molecule has 2 saturated heterocycles. The summed E-state index contributed by atoms with van der Waals surface area (Å²) < 4.78 is 0. The van der Waals surface area contributed by atoms with E-state index < -0.39 is 0 Å². The molecule has 1 aromatic rings. The first kappa shape index (κ1) is 15.0. The van der Waals surface area contributed by atoms with E-state index in [0.717, 1.165) is 13.1 Å². The molecular weight excluding hydrogens is 278 g/mol. The van der Waals surface area contributed by atoms with Gasteiger partial charge in [-0.15, -0.1) is 0 Å². The number of amides is 2. The van der Waals surface area contributed by atoms with Crippen LogP contribution in [0, 0.1) is 5.92 Å². The van der Waals surface area contributed by atoms with Gasteiger partial charge in [0.05, 0.1) is 0 Å². The molecule has 0 aliphatic carbocycles. The third-order valence-electron chi connectivity index (χ3n) is 4.53. The molecule has 1 aromatic carbocycles. The Labute approximate surface area is 131 Å². The van der Waals surface area contributed by atoms with E-state index in [-0.39, 0.29) is 29.8 Å². The van der Waals surface area contributed by atoms with Crippen LogP contribution in [-0.4, -0.2) is 53.3 Å². The third-order valence-corrected chi connectivity index (χ3v) is 4.53. The van der Waals surface area contributed by atoms with Crippen LogP contribution in [0.1, 0.15) is 19.4 Å². The number of hydrogen-bond donors (Lipinski definition) is 1. The predicted molar refractivity (Wildman–Crippen MR) is 84.0 cm³/mol. The van der Waals surface area contributed by atoms with Crippen molar-refractivity contribution in [2.45, 2.75) is 32.5 Å². The molecule has 5 nitrogen and oxygen atoms in total. The minimum atomic E-state index is -0.371. The lowest BCUT2D eigenvalue weighted by atomic mass is 9.96. The van der Waals surface area contributed by atoms with Gasteiger partial charge in [-0.1, -0.05) is 44.2 Å². The molecule has 5 heteroatoms. The smallest absolute Gasteiger partial charge is 0.246 e. The highest BCUT2D eigenvalue weighted by Gasteiger charge is 2.44. The average molecular weight is 301 g/mol. The van der Waals surface area contributed by atoms with Gasteiger partial charge in [0, 0.05) is 26.2 Å². The first-order valence-corrected chi connectivity index (χ1v) is 7.93. The van der Waals surface area contributed by atoms with Crippen LogP contribution in [0.5, 0.6) is 0 Å². The van der Waals surface area contributed by atoms with Crippen molar-refractivity contribution in [2.24, 2.45) is 5.92 Å². The molecule has 0 spiro atoms. The lowest BCUT2D eigenvalue weighted by Crippen LogP contribution is -2.70. The van der Waals surface area contributed by atoms with Crippen molar-refractivity contribution in [1.29, 1.82) is 0 Å². The van der Waals surface area contributed by atoms with Gasteiger partial charge in [0.2, 0.25) is 11.8 Å². The molecule has 0 bridgehead atoms. The van der Waals surface area contributed by atoms with Gasteiger partial charge in [-0.3, -0.25) is 14.5 Å². The number of benzene rings is 1. The Kier molecular flexibility index (Phi) is 4.16. The van der Waals surface area contributed by atoms with Crippen LogP contribution >= 0.6 is 0 Å². The van der Waals surface area contributed by atoms with E-state index in [4.69, 9.17) is 0 Å². The van der Waals surface area contributed by atoms with Crippen LogP contribution in [-0.2, 0) is 16.1 Å². The fourth-order valence-corrected chi connectivity index (χ4v) is 3.25. The molecular formula is C17H23N3O2. The molecule has 0 unspecified atom stereocenters. The van der Waals surface area contributed by atoms with Crippen LogP contribution in [0.25, 0.3) is 0 Å². The van der Waals surface area contributed by atoms with E-state index in [1.165, 1.54) is 5.56 Å². The highest BCUT2D eigenvalue weighted by molar-refractivity contribution is 5.97. The number of piperazine rings is 2. The third kappa shape index (κ3) is 2.86. The number of carbonyl (C=O) groups is 2. The molecule has 0 saturated carbocycles. The molecule has 2 aliphatic heterocycles. The van der Waals surface area contributed by atoms with Gasteiger partial charge in [0.1, 0.15) is 12.1 Å². The molecule has 2 heterocycles. The molecule has 22 heavy (non-hydrogen) atoms. The number of rotatable bonds is 3. The summed E-state index contributed by atoms with van der Waals surface area (Å²) in [6.07, 6.45) is 0. The zero-order valence-corrected chi connectivity index (χ0v) is 13.2. The zero-order chi connectivity index (χ0) is 15.7. The van der Waals surface area contributed by atoms with Crippen molar-refractivity contribution >= 4 is 11.8 Å². The summed E-state index contributed by atoms with van der Waals surface area (Å²) in [5.74, 6) is 0.176. The molecule has 0 aromatic heterocycles. The molecule has 118 valence electrons. The van der Waals surface area contributed by atoms with Gasteiger partial charge >= 0.3 is 0 Å². The second-order valence-corrected chi connectivity index (χ2v) is 6.50. The predicted octanol–water partition coefficient (Wildman–Crippen LogP) is 0.854. The Bertz CT molecular complexity index is 558. The van der Waals surface area contributed by atoms with E-state index in [1.807, 2.05) is 32.0 Å². The monoisotopic (exact) mass is 301 g/mol. The van der Waals surface area contributed by atoms with E-state index in [9.17, 15) is 9.59 Å². The van der Waals surface area contributed by atoms with Crippen molar-refractivity contribution in [2.75, 3.05) is 19.6 Å². The van der Waals surface area contributed by atoms with Crippen molar-refractivity contribution in [3.63, 3.8) is 0 Å². The Morgan fingerprint density at radius 3 is 2.59 bits per heavy atom. The Morgan fingerprint density at radius 2 is 1.91 bits per heavy atom. The normalized spacial score (nSPS) is 26.0. The lowest BCUT2D eigenvalue weighted by Gasteiger charge is -2.46. The maximum atomic E-state index is 12.5. The topological polar surface area (TPSA) is 52.7 Å². The van der Waals surface area contributed by atoms with Crippen LogP contribution in [0.3, 0.4) is 0 Å². The summed E-state index contributed by atoms with van der Waals surface area (Å²) in [6, 6.07) is 9.51. The molecule has 2 amide bonds. The Morgan fingerprint density at radius 1 is 1.18 bits per heavy atom. The van der Waals surface area contributed by atoms with Crippen molar-refractivity contribution in [3.8, 4) is 0 Å². The van der Waals surface area contributed by atoms with E-state index in [0.29, 0.717) is 13.1 Å². The summed E-state index contributed by atoms with van der Waals surface area (Å²) in [5, 5.41) is 2.89. The standard InChI is InChI=1S/C17H23N3O2/c1-12(2)15-17(22)20-9-8-19(11-14(20)16(21)18-15)10-13-6-4-3-5-7-13/h3-7,12,14-15H,8-11H2,1-2H3,(H,18,21)/t14-,15-/m1/s1. The maximum absolute atomic E-state index is 12.5. The number of carbonyl (C=O) groups excluding carboxylic acids is 2. The van der Waals surface area contributed by atoms with Crippen LogP contribution in [0.2, 0.25) is 0 Å². The number of fused-ring (bicyclic) bond motifs is 1. The summed E-state index contributed by atoms with van der Waals surface area (Å²) >= 11 is 0. The van der Waals surface area contributed by atoms with Crippen molar-refractivity contribution < 1.29 is 9.59 Å². The summed E-state index contributed by atoms with van der Waals surface area (Å²) in [7, 11) is 0. The molecule has 2 aliphatic rings. The zero-order valence-electron chi connectivity index (χ0n) is 13.2. The SMILES string of the molecule is CC(C)[C@H]1NC(=O)[C@H]2CN(Cc3ccccc3)CCN2C1=O. The minimum absolute atomic E-state index is 0.0175. The number of nitrogens with one attached hydrogen (secondary N) is 1. The summed E-state index contributed by atoms with van der Waals surface area (Å²) in [4.78, 5) is 28.9. The highest BCUT2D eigenvalue weighted by atomic mass is 16.2. The van der Waals surface area contributed by atoms with Crippen molar-refractivity contribution in [1.82, 2.24) is 15.1 Å². The highest BCUT2D eigenvalue weighted by Crippen LogP contribution is 2.20. The van der Waals surface area contributed by atoms with Gasteiger partial charge in [-0.25, -0.2) is 0 Å². The van der Waals surface area contributed by atoms with E-state index in [2.05, 4.69) is 22.3 Å². The molecule has 2 fully saturated rings. The Hall–Kier alpha value is -1.88. The first-order valence-electron chi connectivity index (χ1n) is 7.93. The summed E-state index contributed by atoms with van der Waals surface area (Å²) in [5.41, 5.74) is 1.23. The molecule has 2 atom stereocenters. The first-order chi connectivity index (χ1) is 10.6. The second-order valence-electron chi connectivity index (χ2n) is 6.50.